The Balaban J connectivity index is 2.55. The van der Waals surface area contributed by atoms with E-state index in [9.17, 15) is 14.4 Å². The van der Waals surface area contributed by atoms with Crippen LogP contribution in [-0.4, -0.2) is 16.9 Å². The highest BCUT2D eigenvalue weighted by molar-refractivity contribution is 6.30. The van der Waals surface area contributed by atoms with Gasteiger partial charge in [0.2, 0.25) is 5.79 Å². The predicted octanol–water partition coefficient (Wildman–Crippen LogP) is 1.24. The van der Waals surface area contributed by atoms with Crippen molar-refractivity contribution in [2.45, 2.75) is 12.2 Å². The lowest BCUT2D eigenvalue weighted by Crippen LogP contribution is -2.56. The van der Waals surface area contributed by atoms with E-state index in [1.807, 2.05) is 0 Å². The summed E-state index contributed by atoms with van der Waals surface area (Å²) < 4.78 is 13.5. The summed E-state index contributed by atoms with van der Waals surface area (Å²) in [5.74, 6) is -3.75. The van der Waals surface area contributed by atoms with Crippen LogP contribution in [-0.2, 0) is 11.2 Å². The van der Waals surface area contributed by atoms with Crippen molar-refractivity contribution in [3.63, 3.8) is 0 Å². The van der Waals surface area contributed by atoms with Crippen molar-refractivity contribution in [2.24, 2.45) is 5.73 Å². The molecule has 1 aliphatic rings. The maximum Gasteiger partial charge on any atom is 0.303 e. The maximum absolute atomic E-state index is 13.5. The largest absolute Gasteiger partial charge is 0.303 e. The van der Waals surface area contributed by atoms with E-state index < -0.39 is 11.7 Å². The van der Waals surface area contributed by atoms with Gasteiger partial charge in [0, 0.05) is 11.4 Å². The number of amides is 1. The third kappa shape index (κ3) is 1.58. The molecule has 2 rings (SSSR count). The molecule has 1 aliphatic heterocycles. The molecule has 0 spiro atoms. The minimum atomic E-state index is -2.58. The van der Waals surface area contributed by atoms with Crippen LogP contribution in [0.1, 0.15) is 5.56 Å². The summed E-state index contributed by atoms with van der Waals surface area (Å²) in [5, 5.41) is 9.99. The molecule has 1 amide bonds. The van der Waals surface area contributed by atoms with Crippen molar-refractivity contribution in [1.82, 2.24) is 0 Å². The number of nitrogens with two attached hydrogens (primary N) is 1. The molecule has 1 aromatic carbocycles. The number of hydrogen-bond donors (Lipinski definition) is 2. The van der Waals surface area contributed by atoms with Gasteiger partial charge in [0.15, 0.2) is 0 Å². The first-order chi connectivity index (χ1) is 6.92. The highest BCUT2D eigenvalue weighted by atomic mass is 35.5. The predicted molar refractivity (Wildman–Crippen MR) is 52.5 cm³/mol. The van der Waals surface area contributed by atoms with Gasteiger partial charge in [-0.05, 0) is 23.8 Å². The molecule has 0 bridgehead atoms. The number of hydrogen-bond acceptors (Lipinski definition) is 3. The Morgan fingerprint density at radius 3 is 2.93 bits per heavy atom. The average Bonchev–Trinajstić information content (AvgIpc) is 2.13. The van der Waals surface area contributed by atoms with Crippen molar-refractivity contribution < 1.29 is 14.4 Å². The van der Waals surface area contributed by atoms with Gasteiger partial charge < -0.3 is 0 Å². The molecule has 6 heteroatoms. The molecular weight excluding hydrogens is 223 g/mol. The van der Waals surface area contributed by atoms with Crippen molar-refractivity contribution >= 4 is 23.2 Å². The van der Waals surface area contributed by atoms with Crippen LogP contribution < -0.4 is 10.8 Å². The minimum Gasteiger partial charge on any atom is -0.291 e. The summed E-state index contributed by atoms with van der Waals surface area (Å²) in [7, 11) is 0. The number of carbonyl (C=O) groups excluding carboxylic acids is 1. The maximum atomic E-state index is 13.5. The Morgan fingerprint density at radius 2 is 2.27 bits per heavy atom. The Morgan fingerprint density at radius 1 is 1.60 bits per heavy atom. The molecule has 0 aliphatic carbocycles. The van der Waals surface area contributed by atoms with Gasteiger partial charge in [-0.25, -0.2) is 4.39 Å². The molecule has 3 N–H and O–H groups in total. The van der Waals surface area contributed by atoms with E-state index in [0.29, 0.717) is 10.6 Å². The zero-order chi connectivity index (χ0) is 11.2. The highest BCUT2D eigenvalue weighted by Gasteiger charge is 2.43. The summed E-state index contributed by atoms with van der Waals surface area (Å²) in [6.45, 7) is 0. The Labute approximate surface area is 90.0 Å². The van der Waals surface area contributed by atoms with Gasteiger partial charge in [0.05, 0.1) is 5.69 Å². The van der Waals surface area contributed by atoms with E-state index in [1.54, 1.807) is 0 Å². The van der Waals surface area contributed by atoms with Crippen LogP contribution in [0.5, 0.6) is 0 Å². The molecule has 80 valence electrons. The standard InChI is InChI=1S/C9H8ClFN2O2/c10-6-1-2-7-5(3-6)4-9(11,12)8(14)13(7)15/h1-3,15H,4,12H2/t9-/m1/s1. The lowest BCUT2D eigenvalue weighted by atomic mass is 9.97. The van der Waals surface area contributed by atoms with Crippen molar-refractivity contribution in [3.05, 3.63) is 28.8 Å². The zero-order valence-corrected chi connectivity index (χ0v) is 8.33. The average molecular weight is 231 g/mol. The molecule has 0 saturated heterocycles. The minimum absolute atomic E-state index is 0.211. The highest BCUT2D eigenvalue weighted by Crippen LogP contribution is 2.32. The van der Waals surface area contributed by atoms with Crippen molar-refractivity contribution in [2.75, 3.05) is 5.06 Å². The molecule has 0 aromatic heterocycles. The van der Waals surface area contributed by atoms with Crippen molar-refractivity contribution in [3.8, 4) is 0 Å². The fraction of sp³-hybridized carbons (Fsp3) is 0.222. The van der Waals surface area contributed by atoms with Gasteiger partial charge in [-0.3, -0.25) is 15.7 Å². The molecule has 0 unspecified atom stereocenters. The van der Waals surface area contributed by atoms with Gasteiger partial charge in [-0.1, -0.05) is 11.6 Å². The lowest BCUT2D eigenvalue weighted by molar-refractivity contribution is -0.136. The van der Waals surface area contributed by atoms with E-state index >= 15 is 0 Å². The molecule has 15 heavy (non-hydrogen) atoms. The lowest BCUT2D eigenvalue weighted by Gasteiger charge is -2.31. The molecule has 0 saturated carbocycles. The first-order valence-corrected chi connectivity index (χ1v) is 4.59. The second kappa shape index (κ2) is 3.16. The van der Waals surface area contributed by atoms with Gasteiger partial charge in [0.1, 0.15) is 0 Å². The number of rotatable bonds is 0. The summed E-state index contributed by atoms with van der Waals surface area (Å²) in [5.41, 5.74) is 5.72. The fourth-order valence-electron chi connectivity index (χ4n) is 1.54. The number of carbonyl (C=O) groups is 1. The summed E-state index contributed by atoms with van der Waals surface area (Å²) in [6.07, 6.45) is -0.293. The topological polar surface area (TPSA) is 66.6 Å². The molecule has 1 heterocycles. The summed E-state index contributed by atoms with van der Waals surface area (Å²) >= 11 is 5.71. The Kier molecular flexibility index (Phi) is 2.18. The van der Waals surface area contributed by atoms with Crippen LogP contribution in [0.2, 0.25) is 5.02 Å². The van der Waals surface area contributed by atoms with E-state index in [-0.39, 0.29) is 17.2 Å². The molecule has 1 atom stereocenters. The second-order valence-electron chi connectivity index (χ2n) is 3.43. The third-order valence-corrected chi connectivity index (χ3v) is 2.50. The van der Waals surface area contributed by atoms with E-state index in [2.05, 4.69) is 0 Å². The normalized spacial score (nSPS) is 25.3. The smallest absolute Gasteiger partial charge is 0.291 e. The van der Waals surface area contributed by atoms with Crippen LogP contribution in [0.15, 0.2) is 18.2 Å². The third-order valence-electron chi connectivity index (χ3n) is 2.27. The SMILES string of the molecule is N[C@]1(F)Cc2cc(Cl)ccc2N(O)C1=O. The zero-order valence-electron chi connectivity index (χ0n) is 7.58. The first-order valence-electron chi connectivity index (χ1n) is 4.21. The monoisotopic (exact) mass is 230 g/mol. The van der Waals surface area contributed by atoms with Gasteiger partial charge in [-0.15, -0.1) is 0 Å². The number of fused-ring (bicyclic) bond motifs is 1. The molecule has 0 fully saturated rings. The number of hydroxylamine groups is 1. The second-order valence-corrected chi connectivity index (χ2v) is 3.87. The molecule has 1 aromatic rings. The van der Waals surface area contributed by atoms with E-state index in [1.165, 1.54) is 18.2 Å². The number of benzene rings is 1. The van der Waals surface area contributed by atoms with E-state index in [0.717, 1.165) is 0 Å². The molecule has 0 radical (unpaired) electrons. The number of anilines is 1. The van der Waals surface area contributed by atoms with Crippen LogP contribution in [0, 0.1) is 0 Å². The number of halogens is 2. The first kappa shape index (κ1) is 10.4. The van der Waals surface area contributed by atoms with Gasteiger partial charge in [-0.2, -0.15) is 5.06 Å². The van der Waals surface area contributed by atoms with Gasteiger partial charge in [0.25, 0.3) is 0 Å². The van der Waals surface area contributed by atoms with E-state index in [4.69, 9.17) is 17.3 Å². The fourth-order valence-corrected chi connectivity index (χ4v) is 1.74. The number of alkyl halides is 1. The van der Waals surface area contributed by atoms with Crippen LogP contribution in [0.4, 0.5) is 10.1 Å². The van der Waals surface area contributed by atoms with Crippen LogP contribution in [0.25, 0.3) is 0 Å². The number of nitrogens with zero attached hydrogens (tertiary/aromatic N) is 1. The Bertz CT molecular complexity index is 436. The van der Waals surface area contributed by atoms with Crippen LogP contribution >= 0.6 is 11.6 Å². The summed E-state index contributed by atoms with van der Waals surface area (Å²) in [4.78, 5) is 11.2. The summed E-state index contributed by atoms with van der Waals surface area (Å²) in [6, 6.07) is 4.40. The quantitative estimate of drug-likeness (QED) is 0.521. The van der Waals surface area contributed by atoms with Gasteiger partial charge >= 0.3 is 5.91 Å². The van der Waals surface area contributed by atoms with Crippen molar-refractivity contribution in [1.29, 1.82) is 0 Å². The molecule has 4 nitrogen and oxygen atoms in total. The van der Waals surface area contributed by atoms with Crippen LogP contribution in [0.3, 0.4) is 0 Å². The Hall–Kier alpha value is -1.17. The molecular formula is C9H8ClFN2O2.